The number of aryl methyl sites for hydroxylation is 2. The molecule has 1 N–H and O–H groups in total. The van der Waals surface area contributed by atoms with Crippen LogP contribution in [0.1, 0.15) is 23.6 Å². The molecule has 3 heterocycles. The van der Waals surface area contributed by atoms with Gasteiger partial charge in [-0.25, -0.2) is 9.97 Å². The number of nitrogens with one attached hydrogen (secondary N) is 1. The van der Waals surface area contributed by atoms with E-state index in [0.717, 1.165) is 21.8 Å². The Morgan fingerprint density at radius 3 is 2.81 bits per heavy atom. The van der Waals surface area contributed by atoms with Gasteiger partial charge in [-0.05, 0) is 55.8 Å². The van der Waals surface area contributed by atoms with Crippen molar-refractivity contribution in [1.82, 2.24) is 14.5 Å². The second kappa shape index (κ2) is 7.94. The average molecular weight is 449 g/mol. The predicted molar refractivity (Wildman–Crippen MR) is 126 cm³/mol. The first kappa shape index (κ1) is 20.0. The molecule has 2 aromatic carbocycles. The largest absolute Gasteiger partial charge is 0.326 e. The zero-order valence-corrected chi connectivity index (χ0v) is 18.7. The SMILES string of the molecule is Cc1ccc2nc(-c3ccc(NC(=O)C[C@@H]4CSc5ncc(C)c(=O)n54)cc3)sc2c1. The zero-order chi connectivity index (χ0) is 21.5. The highest BCUT2D eigenvalue weighted by Crippen LogP contribution is 2.33. The fraction of sp³-hybridized carbons (Fsp3) is 0.217. The van der Waals surface area contributed by atoms with E-state index in [9.17, 15) is 9.59 Å². The molecule has 1 aliphatic rings. The first-order valence-corrected chi connectivity index (χ1v) is 11.8. The zero-order valence-electron chi connectivity index (χ0n) is 17.1. The molecule has 4 aromatic rings. The first-order chi connectivity index (χ1) is 15.0. The van der Waals surface area contributed by atoms with Crippen molar-refractivity contribution in [1.29, 1.82) is 0 Å². The number of anilines is 1. The molecule has 8 heteroatoms. The molecule has 1 atom stereocenters. The van der Waals surface area contributed by atoms with Crippen LogP contribution in [0.4, 0.5) is 5.69 Å². The number of rotatable bonds is 4. The van der Waals surface area contributed by atoms with Crippen LogP contribution in [-0.2, 0) is 4.79 Å². The molecule has 6 nitrogen and oxygen atoms in total. The Morgan fingerprint density at radius 1 is 1.19 bits per heavy atom. The minimum Gasteiger partial charge on any atom is -0.326 e. The lowest BCUT2D eigenvalue weighted by molar-refractivity contribution is -0.116. The van der Waals surface area contributed by atoms with E-state index in [1.807, 2.05) is 30.3 Å². The molecule has 0 spiro atoms. The van der Waals surface area contributed by atoms with Crippen LogP contribution in [0.2, 0.25) is 0 Å². The van der Waals surface area contributed by atoms with Crippen LogP contribution in [0.15, 0.2) is 58.6 Å². The number of benzene rings is 2. The van der Waals surface area contributed by atoms with Gasteiger partial charge in [0.1, 0.15) is 5.01 Å². The van der Waals surface area contributed by atoms with Gasteiger partial charge in [0.05, 0.1) is 16.3 Å². The van der Waals surface area contributed by atoms with E-state index in [1.54, 1.807) is 29.0 Å². The van der Waals surface area contributed by atoms with Crippen LogP contribution in [0.25, 0.3) is 20.8 Å². The highest BCUT2D eigenvalue weighted by Gasteiger charge is 2.27. The Balaban J connectivity index is 1.29. The molecule has 0 saturated heterocycles. The average Bonchev–Trinajstić information content (AvgIpc) is 3.35. The molecule has 31 heavy (non-hydrogen) atoms. The maximum atomic E-state index is 12.6. The van der Waals surface area contributed by atoms with E-state index in [1.165, 1.54) is 22.0 Å². The van der Waals surface area contributed by atoms with Crippen molar-refractivity contribution >= 4 is 44.9 Å². The first-order valence-electron chi connectivity index (χ1n) is 9.96. The Labute approximate surface area is 187 Å². The van der Waals surface area contributed by atoms with Crippen LogP contribution >= 0.6 is 23.1 Å². The summed E-state index contributed by atoms with van der Waals surface area (Å²) in [4.78, 5) is 34.1. The van der Waals surface area contributed by atoms with Crippen LogP contribution < -0.4 is 10.9 Å². The molecule has 0 unspecified atom stereocenters. The predicted octanol–water partition coefficient (Wildman–Crippen LogP) is 4.81. The van der Waals surface area contributed by atoms with Crippen molar-refractivity contribution in [2.45, 2.75) is 31.5 Å². The maximum absolute atomic E-state index is 12.6. The quantitative estimate of drug-likeness (QED) is 0.453. The van der Waals surface area contributed by atoms with Gasteiger partial charge >= 0.3 is 0 Å². The number of hydrogen-bond acceptors (Lipinski definition) is 6. The van der Waals surface area contributed by atoms with Gasteiger partial charge in [0, 0.05) is 35.2 Å². The minimum atomic E-state index is -0.176. The summed E-state index contributed by atoms with van der Waals surface area (Å²) in [5, 5.41) is 4.59. The minimum absolute atomic E-state index is 0.0665. The number of aromatic nitrogens is 3. The Morgan fingerprint density at radius 2 is 2.00 bits per heavy atom. The number of carbonyl (C=O) groups is 1. The normalized spacial score (nSPS) is 15.2. The van der Waals surface area contributed by atoms with Crippen molar-refractivity contribution in [2.75, 3.05) is 11.1 Å². The molecule has 1 aliphatic heterocycles. The fourth-order valence-corrected chi connectivity index (χ4v) is 5.82. The van der Waals surface area contributed by atoms with E-state index in [4.69, 9.17) is 4.98 Å². The number of thioether (sulfide) groups is 1. The molecule has 0 radical (unpaired) electrons. The Hall–Kier alpha value is -2.97. The summed E-state index contributed by atoms with van der Waals surface area (Å²) in [5.74, 6) is 0.560. The molecule has 0 saturated carbocycles. The highest BCUT2D eigenvalue weighted by atomic mass is 32.2. The van der Waals surface area contributed by atoms with Crippen molar-refractivity contribution in [3.05, 3.63) is 70.1 Å². The lowest BCUT2D eigenvalue weighted by atomic mass is 10.2. The molecule has 5 rings (SSSR count). The monoisotopic (exact) mass is 448 g/mol. The van der Waals surface area contributed by atoms with Gasteiger partial charge in [-0.15, -0.1) is 11.3 Å². The second-order valence-corrected chi connectivity index (χ2v) is 9.70. The summed E-state index contributed by atoms with van der Waals surface area (Å²) in [6, 6.07) is 13.8. The summed E-state index contributed by atoms with van der Waals surface area (Å²) in [6.45, 7) is 3.82. The van der Waals surface area contributed by atoms with Crippen LogP contribution in [0.5, 0.6) is 0 Å². The molecular weight excluding hydrogens is 428 g/mol. The molecule has 0 aliphatic carbocycles. The molecule has 0 bridgehead atoms. The Kier molecular flexibility index (Phi) is 5.11. The number of thiazole rings is 1. The second-order valence-electron chi connectivity index (χ2n) is 7.68. The number of fused-ring (bicyclic) bond motifs is 2. The lowest BCUT2D eigenvalue weighted by Crippen LogP contribution is -2.28. The van der Waals surface area contributed by atoms with Gasteiger partial charge in [0.25, 0.3) is 5.56 Å². The van der Waals surface area contributed by atoms with E-state index in [-0.39, 0.29) is 23.9 Å². The van der Waals surface area contributed by atoms with Gasteiger partial charge in [0.2, 0.25) is 5.91 Å². The summed E-state index contributed by atoms with van der Waals surface area (Å²) in [5.41, 5.74) is 4.49. The standard InChI is InChI=1S/C23H20N4O2S2/c1-13-3-8-18-19(9-13)31-21(26-18)15-4-6-16(7-5-15)25-20(28)10-17-12-30-23-24-11-14(2)22(29)27(17)23/h3-9,11,17H,10,12H2,1-2H3,(H,25,28)/t17-/m1/s1. The van der Waals surface area contributed by atoms with Gasteiger partial charge in [0.15, 0.2) is 5.16 Å². The summed E-state index contributed by atoms with van der Waals surface area (Å²) in [7, 11) is 0. The molecule has 2 aromatic heterocycles. The van der Waals surface area contributed by atoms with E-state index < -0.39 is 0 Å². The van der Waals surface area contributed by atoms with Crippen molar-refractivity contribution in [3.8, 4) is 10.6 Å². The smallest absolute Gasteiger partial charge is 0.257 e. The van der Waals surface area contributed by atoms with Crippen molar-refractivity contribution in [2.24, 2.45) is 0 Å². The third-order valence-electron chi connectivity index (χ3n) is 5.28. The number of carbonyl (C=O) groups excluding carboxylic acids is 1. The van der Waals surface area contributed by atoms with Crippen molar-refractivity contribution in [3.63, 3.8) is 0 Å². The number of amides is 1. The molecule has 0 fully saturated rings. The number of hydrogen-bond donors (Lipinski definition) is 1. The molecule has 1 amide bonds. The molecular formula is C23H20N4O2S2. The summed E-state index contributed by atoms with van der Waals surface area (Å²) >= 11 is 3.18. The topological polar surface area (TPSA) is 76.9 Å². The molecule has 156 valence electrons. The van der Waals surface area contributed by atoms with Gasteiger partial charge in [-0.2, -0.15) is 0 Å². The summed E-state index contributed by atoms with van der Waals surface area (Å²) in [6.07, 6.45) is 1.84. The van der Waals surface area contributed by atoms with E-state index >= 15 is 0 Å². The fourth-order valence-electron chi connectivity index (χ4n) is 3.65. The third-order valence-corrected chi connectivity index (χ3v) is 7.46. The lowest BCUT2D eigenvalue weighted by Gasteiger charge is -2.13. The van der Waals surface area contributed by atoms with Crippen LogP contribution in [0.3, 0.4) is 0 Å². The van der Waals surface area contributed by atoms with E-state index in [0.29, 0.717) is 16.5 Å². The Bertz CT molecular complexity index is 1360. The maximum Gasteiger partial charge on any atom is 0.257 e. The summed E-state index contributed by atoms with van der Waals surface area (Å²) < 4.78 is 2.82. The van der Waals surface area contributed by atoms with Gasteiger partial charge < -0.3 is 5.32 Å². The highest BCUT2D eigenvalue weighted by molar-refractivity contribution is 7.99. The number of nitrogens with zero attached hydrogens (tertiary/aromatic N) is 3. The van der Waals surface area contributed by atoms with Crippen LogP contribution in [-0.4, -0.2) is 26.2 Å². The van der Waals surface area contributed by atoms with E-state index in [2.05, 4.69) is 29.4 Å². The van der Waals surface area contributed by atoms with Gasteiger partial charge in [-0.3, -0.25) is 14.2 Å². The van der Waals surface area contributed by atoms with Gasteiger partial charge in [-0.1, -0.05) is 17.8 Å². The van der Waals surface area contributed by atoms with Crippen LogP contribution in [0, 0.1) is 13.8 Å². The van der Waals surface area contributed by atoms with Crippen molar-refractivity contribution < 1.29 is 4.79 Å². The third kappa shape index (κ3) is 3.88.